The van der Waals surface area contributed by atoms with Crippen LogP contribution in [0.1, 0.15) is 62.3 Å². The quantitative estimate of drug-likeness (QED) is 0.899. The number of nitrogens with zero attached hydrogens (tertiary/aromatic N) is 4. The van der Waals surface area contributed by atoms with E-state index in [-0.39, 0.29) is 6.03 Å². The largest absolute Gasteiger partial charge is 0.335 e. The van der Waals surface area contributed by atoms with E-state index in [0.717, 1.165) is 51.1 Å². The Balaban J connectivity index is 1.39. The molecule has 2 aromatic rings. The average Bonchev–Trinajstić information content (AvgIpc) is 3.18. The molecule has 0 spiro atoms. The number of urea groups is 1. The zero-order valence-electron chi connectivity index (χ0n) is 15.9. The summed E-state index contributed by atoms with van der Waals surface area (Å²) < 4.78 is 2.20. The Morgan fingerprint density at radius 3 is 2.85 bits per heavy atom. The van der Waals surface area contributed by atoms with Gasteiger partial charge in [0.1, 0.15) is 5.82 Å². The Morgan fingerprint density at radius 1 is 1.15 bits per heavy atom. The number of pyridine rings is 1. The van der Waals surface area contributed by atoms with Crippen molar-refractivity contribution in [2.24, 2.45) is 0 Å². The number of likely N-dealkylation sites (tertiary alicyclic amines) is 1. The summed E-state index contributed by atoms with van der Waals surface area (Å²) in [6.45, 7) is 2.37. The van der Waals surface area contributed by atoms with E-state index < -0.39 is 0 Å². The third-order valence-electron chi connectivity index (χ3n) is 5.83. The van der Waals surface area contributed by atoms with Crippen molar-refractivity contribution in [1.29, 1.82) is 0 Å². The highest BCUT2D eigenvalue weighted by Gasteiger charge is 2.28. The second-order valence-electron chi connectivity index (χ2n) is 7.84. The maximum atomic E-state index is 12.7. The van der Waals surface area contributed by atoms with Crippen molar-refractivity contribution in [3.63, 3.8) is 0 Å². The summed E-state index contributed by atoms with van der Waals surface area (Å²) in [6, 6.07) is 4.52. The van der Waals surface area contributed by atoms with Crippen LogP contribution in [0, 0.1) is 0 Å². The van der Waals surface area contributed by atoms with Gasteiger partial charge in [-0.2, -0.15) is 0 Å². The molecule has 6 heteroatoms. The minimum Gasteiger partial charge on any atom is -0.335 e. The number of aromatic nitrogens is 3. The van der Waals surface area contributed by atoms with E-state index in [1.807, 2.05) is 29.6 Å². The maximum Gasteiger partial charge on any atom is 0.317 e. The summed E-state index contributed by atoms with van der Waals surface area (Å²) in [5, 5.41) is 3.26. The first-order valence-electron chi connectivity index (χ1n) is 10.2. The first-order valence-corrected chi connectivity index (χ1v) is 10.2. The van der Waals surface area contributed by atoms with E-state index in [1.165, 1.54) is 24.8 Å². The smallest absolute Gasteiger partial charge is 0.317 e. The van der Waals surface area contributed by atoms with Crippen LogP contribution in [-0.4, -0.2) is 44.6 Å². The van der Waals surface area contributed by atoms with Crippen LogP contribution in [0.3, 0.4) is 0 Å². The highest BCUT2D eigenvalue weighted by molar-refractivity contribution is 5.74. The number of hydrogen-bond donors (Lipinski definition) is 1. The van der Waals surface area contributed by atoms with Crippen LogP contribution in [0.25, 0.3) is 0 Å². The summed E-state index contributed by atoms with van der Waals surface area (Å²) >= 11 is 0. The highest BCUT2D eigenvalue weighted by atomic mass is 16.2. The Hall–Kier alpha value is -2.37. The predicted octanol–water partition coefficient (Wildman–Crippen LogP) is 3.55. The van der Waals surface area contributed by atoms with Gasteiger partial charge >= 0.3 is 6.03 Å². The summed E-state index contributed by atoms with van der Waals surface area (Å²) in [4.78, 5) is 23.6. The molecule has 0 radical (unpaired) electrons. The second-order valence-corrected chi connectivity index (χ2v) is 7.84. The van der Waals surface area contributed by atoms with Gasteiger partial charge in [0.25, 0.3) is 0 Å². The minimum atomic E-state index is 0.108. The monoisotopic (exact) mass is 367 g/mol. The molecule has 0 bridgehead atoms. The maximum absolute atomic E-state index is 12.7. The molecule has 1 N–H and O–H groups in total. The molecule has 2 aromatic heterocycles. The van der Waals surface area contributed by atoms with Crippen LogP contribution in [0.15, 0.2) is 36.9 Å². The van der Waals surface area contributed by atoms with E-state index in [4.69, 9.17) is 0 Å². The van der Waals surface area contributed by atoms with E-state index in [2.05, 4.69) is 25.9 Å². The molecular formula is C21H29N5O. The molecule has 2 fully saturated rings. The van der Waals surface area contributed by atoms with Gasteiger partial charge in [0.15, 0.2) is 0 Å². The van der Waals surface area contributed by atoms with Gasteiger partial charge in [-0.1, -0.05) is 25.3 Å². The van der Waals surface area contributed by atoms with Gasteiger partial charge in [-0.15, -0.1) is 0 Å². The van der Waals surface area contributed by atoms with Crippen molar-refractivity contribution in [1.82, 2.24) is 24.8 Å². The molecule has 2 amide bonds. The Labute approximate surface area is 161 Å². The van der Waals surface area contributed by atoms with Gasteiger partial charge in [-0.3, -0.25) is 4.98 Å². The standard InChI is InChI=1S/C21H29N5O/c27-21(24-19-8-2-1-3-9-19)26-12-5-7-18(16-26)20-23-11-13-25(20)15-17-6-4-10-22-14-17/h4,6,10-11,13-14,18-19H,1-3,5,7-9,12,15-16H2,(H,24,27)/t18-/m1/s1. The zero-order valence-corrected chi connectivity index (χ0v) is 15.9. The molecule has 1 atom stereocenters. The lowest BCUT2D eigenvalue weighted by Crippen LogP contribution is -2.48. The molecule has 1 saturated heterocycles. The fourth-order valence-corrected chi connectivity index (χ4v) is 4.39. The molecule has 0 aromatic carbocycles. The summed E-state index contributed by atoms with van der Waals surface area (Å²) in [7, 11) is 0. The van der Waals surface area contributed by atoms with Gasteiger partial charge < -0.3 is 14.8 Å². The molecule has 1 saturated carbocycles. The normalized spacial score (nSPS) is 21.2. The lowest BCUT2D eigenvalue weighted by atomic mass is 9.95. The SMILES string of the molecule is O=C(NC1CCCCC1)N1CCC[C@@H](c2nccn2Cc2cccnc2)C1. The van der Waals surface area contributed by atoms with Crippen molar-refractivity contribution in [3.05, 3.63) is 48.3 Å². The second kappa shape index (κ2) is 8.55. The number of amides is 2. The van der Waals surface area contributed by atoms with Crippen LogP contribution in [0.4, 0.5) is 4.79 Å². The summed E-state index contributed by atoms with van der Waals surface area (Å²) in [6.07, 6.45) is 15.7. The van der Waals surface area contributed by atoms with Crippen molar-refractivity contribution in [2.75, 3.05) is 13.1 Å². The summed E-state index contributed by atoms with van der Waals surface area (Å²) in [5.74, 6) is 1.37. The van der Waals surface area contributed by atoms with Crippen LogP contribution in [0.2, 0.25) is 0 Å². The third kappa shape index (κ3) is 4.49. The minimum absolute atomic E-state index is 0.108. The fraction of sp³-hybridized carbons (Fsp3) is 0.571. The topological polar surface area (TPSA) is 63.1 Å². The average molecular weight is 367 g/mol. The number of piperidine rings is 1. The van der Waals surface area contributed by atoms with E-state index in [9.17, 15) is 4.79 Å². The first-order chi connectivity index (χ1) is 13.3. The Bertz CT molecular complexity index is 738. The number of carbonyl (C=O) groups excluding carboxylic acids is 1. The highest BCUT2D eigenvalue weighted by Crippen LogP contribution is 2.27. The molecule has 4 rings (SSSR count). The fourth-order valence-electron chi connectivity index (χ4n) is 4.39. The number of carbonyl (C=O) groups is 1. The van der Waals surface area contributed by atoms with Crippen molar-refractivity contribution in [3.8, 4) is 0 Å². The van der Waals surface area contributed by atoms with Gasteiger partial charge in [0.05, 0.1) is 6.54 Å². The number of hydrogen-bond acceptors (Lipinski definition) is 3. The van der Waals surface area contributed by atoms with Crippen LogP contribution < -0.4 is 5.32 Å². The number of nitrogens with one attached hydrogen (secondary N) is 1. The Morgan fingerprint density at radius 2 is 2.04 bits per heavy atom. The van der Waals surface area contributed by atoms with Crippen LogP contribution >= 0.6 is 0 Å². The molecule has 0 unspecified atom stereocenters. The molecule has 1 aliphatic carbocycles. The number of rotatable bonds is 4. The van der Waals surface area contributed by atoms with E-state index in [1.54, 1.807) is 6.20 Å². The van der Waals surface area contributed by atoms with Crippen LogP contribution in [0.5, 0.6) is 0 Å². The lowest BCUT2D eigenvalue weighted by Gasteiger charge is -2.34. The molecule has 2 aliphatic rings. The van der Waals surface area contributed by atoms with Gasteiger partial charge in [-0.05, 0) is 37.3 Å². The first kappa shape index (κ1) is 18.0. The summed E-state index contributed by atoms with van der Waals surface area (Å²) in [5.41, 5.74) is 1.17. The van der Waals surface area contributed by atoms with E-state index in [0.29, 0.717) is 12.0 Å². The van der Waals surface area contributed by atoms with Gasteiger partial charge in [0.2, 0.25) is 0 Å². The lowest BCUT2D eigenvalue weighted by molar-refractivity contribution is 0.171. The van der Waals surface area contributed by atoms with Crippen molar-refractivity contribution < 1.29 is 4.79 Å². The van der Waals surface area contributed by atoms with Gasteiger partial charge in [-0.25, -0.2) is 9.78 Å². The van der Waals surface area contributed by atoms with Crippen LogP contribution in [-0.2, 0) is 6.54 Å². The molecule has 1 aliphatic heterocycles. The third-order valence-corrected chi connectivity index (χ3v) is 5.83. The van der Waals surface area contributed by atoms with Gasteiger partial charge in [0, 0.05) is 49.8 Å². The zero-order chi connectivity index (χ0) is 18.5. The molecule has 144 valence electrons. The van der Waals surface area contributed by atoms with E-state index >= 15 is 0 Å². The Kier molecular flexibility index (Phi) is 5.70. The molecule has 6 nitrogen and oxygen atoms in total. The molecular weight excluding hydrogens is 338 g/mol. The predicted molar refractivity (Wildman–Crippen MR) is 105 cm³/mol. The molecule has 3 heterocycles. The van der Waals surface area contributed by atoms with Crippen molar-refractivity contribution >= 4 is 6.03 Å². The molecule has 27 heavy (non-hydrogen) atoms. The number of imidazole rings is 1. The van der Waals surface area contributed by atoms with Crippen molar-refractivity contribution in [2.45, 2.75) is 63.5 Å².